The van der Waals surface area contributed by atoms with Crippen molar-refractivity contribution in [2.45, 2.75) is 51.6 Å². The smallest absolute Gasteiger partial charge is 0.208 e. The molecule has 1 aromatic carbocycles. The van der Waals surface area contributed by atoms with Crippen LogP contribution in [0.25, 0.3) is 0 Å². The first kappa shape index (κ1) is 20.2. The minimum absolute atomic E-state index is 0.121. The van der Waals surface area contributed by atoms with Crippen molar-refractivity contribution in [3.63, 3.8) is 0 Å². The molecule has 0 radical (unpaired) electrons. The molecule has 27 heavy (non-hydrogen) atoms. The molecule has 1 aromatic rings. The van der Waals surface area contributed by atoms with Gasteiger partial charge in [-0.3, -0.25) is 0 Å². The van der Waals surface area contributed by atoms with Gasteiger partial charge in [0.25, 0.3) is 0 Å². The second-order valence-electron chi connectivity index (χ2n) is 7.77. The van der Waals surface area contributed by atoms with Crippen LogP contribution in [0.2, 0.25) is 0 Å². The Hall–Kier alpha value is -1.50. The summed E-state index contributed by atoms with van der Waals surface area (Å²) in [5.74, 6) is -1.66. The lowest BCUT2D eigenvalue weighted by Gasteiger charge is -2.30. The molecule has 2 N–H and O–H groups in total. The molecule has 4 rings (SSSR count). The molecule has 148 valence electrons. The number of rotatable bonds is 5. The number of hydrogen-bond donors (Lipinski definition) is 2. The van der Waals surface area contributed by atoms with E-state index in [-0.39, 0.29) is 5.92 Å². The van der Waals surface area contributed by atoms with Crippen LogP contribution < -0.4 is 0 Å². The van der Waals surface area contributed by atoms with Crippen molar-refractivity contribution in [2.75, 3.05) is 26.4 Å². The molecule has 1 aliphatic carbocycles. The molecule has 5 heteroatoms. The zero-order valence-corrected chi connectivity index (χ0v) is 16.6. The Morgan fingerprint density at radius 3 is 1.74 bits per heavy atom. The third kappa shape index (κ3) is 5.74. The van der Waals surface area contributed by atoms with Crippen molar-refractivity contribution in [2.24, 2.45) is 0 Å². The Kier molecular flexibility index (Phi) is 6.18. The molecule has 0 amide bonds. The lowest BCUT2D eigenvalue weighted by Crippen LogP contribution is -2.33. The fourth-order valence-corrected chi connectivity index (χ4v) is 3.18. The second-order valence-corrected chi connectivity index (χ2v) is 7.77. The highest BCUT2D eigenvalue weighted by molar-refractivity contribution is 5.43. The van der Waals surface area contributed by atoms with Gasteiger partial charge in [-0.15, -0.1) is 0 Å². The summed E-state index contributed by atoms with van der Waals surface area (Å²) in [6, 6.07) is 6.43. The molecule has 0 spiro atoms. The van der Waals surface area contributed by atoms with Crippen LogP contribution in [0.4, 0.5) is 0 Å². The number of hydrogen-bond acceptors (Lipinski definition) is 5. The lowest BCUT2D eigenvalue weighted by atomic mass is 9.83. The van der Waals surface area contributed by atoms with Gasteiger partial charge in [-0.05, 0) is 44.4 Å². The first-order valence-electron chi connectivity index (χ1n) is 9.47. The predicted molar refractivity (Wildman–Crippen MR) is 104 cm³/mol. The van der Waals surface area contributed by atoms with Crippen molar-refractivity contribution in [1.82, 2.24) is 0 Å². The standard InChI is InChI=1S/C16H20O2.C6H10O3/c1-10-5-11(2)7-14(6-10)15-8-12(3)16(17,18)13(4)9-15;1(5-3-8-5)7-2-6-4-9-6/h5-9,15,17-18H,1-4H3;5-6H,1-4H2. The molecule has 3 aliphatic rings. The van der Waals surface area contributed by atoms with Gasteiger partial charge >= 0.3 is 0 Å². The molecular formula is C22H30O5. The molecule has 2 unspecified atom stereocenters. The molecule has 0 aromatic heterocycles. The number of allylic oxidation sites excluding steroid dienone is 2. The van der Waals surface area contributed by atoms with Crippen LogP contribution in [0.15, 0.2) is 41.5 Å². The van der Waals surface area contributed by atoms with Crippen LogP contribution in [0.1, 0.15) is 36.5 Å². The van der Waals surface area contributed by atoms with Gasteiger partial charge in [-0.25, -0.2) is 0 Å². The van der Waals surface area contributed by atoms with Gasteiger partial charge in [-0.1, -0.05) is 41.5 Å². The van der Waals surface area contributed by atoms with Gasteiger partial charge in [0.05, 0.1) is 26.4 Å². The zero-order valence-electron chi connectivity index (χ0n) is 16.6. The highest BCUT2D eigenvalue weighted by Gasteiger charge is 2.32. The number of aliphatic hydroxyl groups is 2. The minimum atomic E-state index is -1.78. The average molecular weight is 374 g/mol. The van der Waals surface area contributed by atoms with Crippen molar-refractivity contribution in [3.05, 3.63) is 58.2 Å². The van der Waals surface area contributed by atoms with Crippen LogP contribution in [-0.4, -0.2) is 54.6 Å². The Bertz CT molecular complexity index is 672. The summed E-state index contributed by atoms with van der Waals surface area (Å²) in [7, 11) is 0. The fourth-order valence-electron chi connectivity index (χ4n) is 3.18. The number of aryl methyl sites for hydroxylation is 2. The van der Waals surface area contributed by atoms with E-state index in [4.69, 9.17) is 14.2 Å². The lowest BCUT2D eigenvalue weighted by molar-refractivity contribution is -0.0960. The van der Waals surface area contributed by atoms with Crippen LogP contribution in [0, 0.1) is 13.8 Å². The van der Waals surface area contributed by atoms with Crippen molar-refractivity contribution in [1.29, 1.82) is 0 Å². The van der Waals surface area contributed by atoms with Gasteiger partial charge in [0, 0.05) is 5.92 Å². The summed E-state index contributed by atoms with van der Waals surface area (Å²) >= 11 is 0. The molecule has 2 aliphatic heterocycles. The van der Waals surface area contributed by atoms with E-state index in [1.54, 1.807) is 13.8 Å². The second kappa shape index (κ2) is 8.25. The van der Waals surface area contributed by atoms with Gasteiger partial charge in [0.15, 0.2) is 0 Å². The topological polar surface area (TPSA) is 74.8 Å². The third-order valence-corrected chi connectivity index (χ3v) is 5.00. The van der Waals surface area contributed by atoms with Gasteiger partial charge in [-0.2, -0.15) is 0 Å². The van der Waals surface area contributed by atoms with Crippen molar-refractivity contribution < 1.29 is 24.4 Å². The predicted octanol–water partition coefficient (Wildman–Crippen LogP) is 2.77. The summed E-state index contributed by atoms with van der Waals surface area (Å²) in [4.78, 5) is 0. The Morgan fingerprint density at radius 1 is 0.889 bits per heavy atom. The molecule has 2 saturated heterocycles. The maximum absolute atomic E-state index is 9.90. The molecule has 2 fully saturated rings. The highest BCUT2D eigenvalue weighted by Crippen LogP contribution is 2.35. The maximum Gasteiger partial charge on any atom is 0.208 e. The highest BCUT2D eigenvalue weighted by atomic mass is 16.6. The zero-order chi connectivity index (χ0) is 19.6. The molecule has 5 nitrogen and oxygen atoms in total. The summed E-state index contributed by atoms with van der Waals surface area (Å²) < 4.78 is 15.1. The third-order valence-electron chi connectivity index (χ3n) is 5.00. The van der Waals surface area contributed by atoms with Crippen LogP contribution in [0.3, 0.4) is 0 Å². The molecule has 2 atom stereocenters. The number of ether oxygens (including phenoxy) is 3. The average Bonchev–Trinajstić information content (AvgIpc) is 3.48. The summed E-state index contributed by atoms with van der Waals surface area (Å²) in [6.45, 7) is 10.9. The molecule has 0 saturated carbocycles. The molecular weight excluding hydrogens is 344 g/mol. The van der Waals surface area contributed by atoms with E-state index in [9.17, 15) is 10.2 Å². The Balaban J connectivity index is 0.000000193. The van der Waals surface area contributed by atoms with Crippen LogP contribution >= 0.6 is 0 Å². The van der Waals surface area contributed by atoms with Gasteiger partial charge in [0.1, 0.15) is 12.2 Å². The first-order chi connectivity index (χ1) is 12.8. The van der Waals surface area contributed by atoms with E-state index in [1.807, 2.05) is 12.2 Å². The van der Waals surface area contributed by atoms with E-state index < -0.39 is 5.79 Å². The van der Waals surface area contributed by atoms with Gasteiger partial charge in [0.2, 0.25) is 5.79 Å². The monoisotopic (exact) mass is 374 g/mol. The largest absolute Gasteiger partial charge is 0.376 e. The quantitative estimate of drug-likeness (QED) is 0.471. The van der Waals surface area contributed by atoms with Gasteiger partial charge < -0.3 is 24.4 Å². The Labute approximate surface area is 161 Å². The number of benzene rings is 1. The van der Waals surface area contributed by atoms with Crippen LogP contribution in [-0.2, 0) is 14.2 Å². The van der Waals surface area contributed by atoms with Crippen LogP contribution in [0.5, 0.6) is 0 Å². The van der Waals surface area contributed by atoms with E-state index in [0.29, 0.717) is 23.4 Å². The fraction of sp³-hybridized carbons (Fsp3) is 0.545. The van der Waals surface area contributed by atoms with E-state index in [2.05, 4.69) is 32.0 Å². The SMILES string of the molecule is C(OCC1CO1)C1CO1.CC1=CC(c2cc(C)cc(C)c2)C=C(C)C1(O)O. The molecule has 2 heterocycles. The van der Waals surface area contributed by atoms with Crippen molar-refractivity contribution >= 4 is 0 Å². The summed E-state index contributed by atoms with van der Waals surface area (Å²) in [6.07, 6.45) is 4.62. The Morgan fingerprint density at radius 2 is 1.33 bits per heavy atom. The molecule has 0 bridgehead atoms. The summed E-state index contributed by atoms with van der Waals surface area (Å²) in [5, 5.41) is 19.8. The minimum Gasteiger partial charge on any atom is -0.376 e. The van der Waals surface area contributed by atoms with Crippen molar-refractivity contribution in [3.8, 4) is 0 Å². The van der Waals surface area contributed by atoms with E-state index in [0.717, 1.165) is 26.4 Å². The van der Waals surface area contributed by atoms with E-state index >= 15 is 0 Å². The first-order valence-corrected chi connectivity index (χ1v) is 9.47. The van der Waals surface area contributed by atoms with E-state index in [1.165, 1.54) is 16.7 Å². The maximum atomic E-state index is 9.90. The number of epoxide rings is 2. The normalized spacial score (nSPS) is 25.9. The summed E-state index contributed by atoms with van der Waals surface area (Å²) in [5.41, 5.74) is 4.83.